The molecule has 0 saturated carbocycles. The van der Waals surface area contributed by atoms with Gasteiger partial charge in [0.25, 0.3) is 0 Å². The van der Waals surface area contributed by atoms with Gasteiger partial charge < -0.3 is 20.1 Å². The number of hydrogen-bond donors (Lipinski definition) is 2. The van der Waals surface area contributed by atoms with Crippen molar-refractivity contribution in [2.75, 3.05) is 33.9 Å². The summed E-state index contributed by atoms with van der Waals surface area (Å²) in [7, 11) is 3.04. The van der Waals surface area contributed by atoms with Crippen molar-refractivity contribution in [3.05, 3.63) is 0 Å². The maximum atomic E-state index is 11.3. The highest BCUT2D eigenvalue weighted by atomic mass is 16.5. The van der Waals surface area contributed by atoms with Crippen molar-refractivity contribution in [2.24, 2.45) is 10.9 Å². The van der Waals surface area contributed by atoms with Crippen molar-refractivity contribution >= 4 is 11.9 Å². The number of methoxy groups -OCH3 is 2. The Hall–Kier alpha value is -1.30. The summed E-state index contributed by atoms with van der Waals surface area (Å²) in [5, 5.41) is 6.31. The average Bonchev–Trinajstić information content (AvgIpc) is 2.35. The third-order valence-electron chi connectivity index (χ3n) is 2.27. The smallest absolute Gasteiger partial charge is 0.310 e. The van der Waals surface area contributed by atoms with Gasteiger partial charge in [-0.25, -0.2) is 0 Å². The van der Waals surface area contributed by atoms with Gasteiger partial charge in [0.05, 0.1) is 26.2 Å². The number of guanidine groups is 1. The lowest BCUT2D eigenvalue weighted by Gasteiger charge is -2.17. The van der Waals surface area contributed by atoms with Gasteiger partial charge in [-0.1, -0.05) is 6.92 Å². The van der Waals surface area contributed by atoms with E-state index in [9.17, 15) is 4.79 Å². The lowest BCUT2D eigenvalue weighted by Crippen LogP contribution is -2.44. The van der Waals surface area contributed by atoms with Gasteiger partial charge in [-0.15, -0.1) is 0 Å². The van der Waals surface area contributed by atoms with Gasteiger partial charge in [0, 0.05) is 19.7 Å². The molecular weight excluding hydrogens is 234 g/mol. The molecule has 6 heteroatoms. The highest BCUT2D eigenvalue weighted by molar-refractivity contribution is 5.80. The van der Waals surface area contributed by atoms with Crippen LogP contribution in [-0.2, 0) is 14.3 Å². The average molecular weight is 259 g/mol. The Morgan fingerprint density at radius 1 is 1.33 bits per heavy atom. The topological polar surface area (TPSA) is 72.0 Å². The number of carbonyl (C=O) groups is 1. The highest BCUT2D eigenvalue weighted by Crippen LogP contribution is 1.98. The number of aliphatic imine (C=N–C) groups is 1. The molecule has 0 aliphatic heterocycles. The quantitative estimate of drug-likeness (QED) is 0.393. The normalized spacial score (nSPS) is 14.8. The summed E-state index contributed by atoms with van der Waals surface area (Å²) < 4.78 is 9.70. The van der Waals surface area contributed by atoms with Crippen LogP contribution in [0.3, 0.4) is 0 Å². The van der Waals surface area contributed by atoms with Gasteiger partial charge in [0.15, 0.2) is 5.96 Å². The van der Waals surface area contributed by atoms with E-state index in [0.29, 0.717) is 19.1 Å². The van der Waals surface area contributed by atoms with E-state index in [0.717, 1.165) is 6.54 Å². The molecule has 0 spiro atoms. The van der Waals surface area contributed by atoms with E-state index in [4.69, 9.17) is 4.74 Å². The largest absolute Gasteiger partial charge is 0.469 e. The Kier molecular flexibility index (Phi) is 9.00. The number of nitrogens with zero attached hydrogens (tertiary/aromatic N) is 1. The lowest BCUT2D eigenvalue weighted by molar-refractivity contribution is -0.144. The van der Waals surface area contributed by atoms with Crippen LogP contribution in [0.15, 0.2) is 4.99 Å². The van der Waals surface area contributed by atoms with Crippen LogP contribution >= 0.6 is 0 Å². The first-order chi connectivity index (χ1) is 8.54. The molecule has 0 aliphatic rings. The number of carbonyl (C=O) groups excluding carboxylic acids is 1. The third kappa shape index (κ3) is 7.11. The maximum Gasteiger partial charge on any atom is 0.310 e. The van der Waals surface area contributed by atoms with Gasteiger partial charge >= 0.3 is 5.97 Å². The summed E-state index contributed by atoms with van der Waals surface area (Å²) in [5.74, 6) is 0.181. The molecule has 2 N–H and O–H groups in total. The van der Waals surface area contributed by atoms with Crippen molar-refractivity contribution in [2.45, 2.75) is 26.8 Å². The highest BCUT2D eigenvalue weighted by Gasteiger charge is 2.13. The summed E-state index contributed by atoms with van der Waals surface area (Å²) in [6, 6.07) is 0.154. The summed E-state index contributed by atoms with van der Waals surface area (Å²) in [6.45, 7) is 7.52. The first kappa shape index (κ1) is 16.7. The molecule has 0 aromatic rings. The minimum Gasteiger partial charge on any atom is -0.469 e. The fourth-order valence-electron chi connectivity index (χ4n) is 1.35. The molecule has 0 aromatic heterocycles. The van der Waals surface area contributed by atoms with E-state index in [1.165, 1.54) is 7.11 Å². The molecule has 0 saturated heterocycles. The molecule has 0 bridgehead atoms. The molecule has 2 atom stereocenters. The summed E-state index contributed by atoms with van der Waals surface area (Å²) in [4.78, 5) is 15.6. The summed E-state index contributed by atoms with van der Waals surface area (Å²) in [6.07, 6.45) is 0. The van der Waals surface area contributed by atoms with Crippen molar-refractivity contribution in [1.29, 1.82) is 0 Å². The molecule has 0 aromatic carbocycles. The number of ether oxygens (including phenoxy) is 2. The Morgan fingerprint density at radius 2 is 2.00 bits per heavy atom. The lowest BCUT2D eigenvalue weighted by atomic mass is 10.2. The molecule has 0 amide bonds. The van der Waals surface area contributed by atoms with Crippen molar-refractivity contribution < 1.29 is 14.3 Å². The zero-order valence-electron chi connectivity index (χ0n) is 11.9. The summed E-state index contributed by atoms with van der Waals surface area (Å²) in [5.41, 5.74) is 0. The maximum absolute atomic E-state index is 11.3. The van der Waals surface area contributed by atoms with Gasteiger partial charge in [0.2, 0.25) is 0 Å². The van der Waals surface area contributed by atoms with E-state index in [1.807, 2.05) is 13.8 Å². The number of hydrogen-bond acceptors (Lipinski definition) is 4. The molecule has 106 valence electrons. The second-order valence-corrected chi connectivity index (χ2v) is 4.14. The van der Waals surface area contributed by atoms with Crippen LogP contribution in [0, 0.1) is 5.92 Å². The Morgan fingerprint density at radius 3 is 2.50 bits per heavy atom. The van der Waals surface area contributed by atoms with Crippen molar-refractivity contribution in [3.63, 3.8) is 0 Å². The van der Waals surface area contributed by atoms with Crippen LogP contribution in [0.1, 0.15) is 20.8 Å². The predicted molar refractivity (Wildman–Crippen MR) is 71.6 cm³/mol. The van der Waals surface area contributed by atoms with Crippen molar-refractivity contribution in [3.8, 4) is 0 Å². The van der Waals surface area contributed by atoms with Crippen LogP contribution < -0.4 is 10.6 Å². The first-order valence-electron chi connectivity index (χ1n) is 6.16. The molecule has 0 heterocycles. The second-order valence-electron chi connectivity index (χ2n) is 4.14. The second kappa shape index (κ2) is 9.70. The fraction of sp³-hybridized carbons (Fsp3) is 0.833. The van der Waals surface area contributed by atoms with Gasteiger partial charge in [-0.05, 0) is 13.8 Å². The van der Waals surface area contributed by atoms with Gasteiger partial charge in [-0.3, -0.25) is 9.79 Å². The predicted octanol–water partition coefficient (Wildman–Crippen LogP) is 0.386. The fourth-order valence-corrected chi connectivity index (χ4v) is 1.35. The van der Waals surface area contributed by atoms with Crippen LogP contribution in [0.25, 0.3) is 0 Å². The number of esters is 1. The molecule has 0 aliphatic carbocycles. The SMILES string of the molecule is CCNC(=NCC(C)C(=O)OC)NC(C)COC. The standard InChI is InChI=1S/C12H25N3O3/c1-6-13-12(15-10(3)8-17-4)14-7-9(2)11(16)18-5/h9-10H,6-8H2,1-5H3,(H2,13,14,15). The van der Waals surface area contributed by atoms with Gasteiger partial charge in [-0.2, -0.15) is 0 Å². The molecule has 18 heavy (non-hydrogen) atoms. The van der Waals surface area contributed by atoms with Crippen LogP contribution in [0.4, 0.5) is 0 Å². The van der Waals surface area contributed by atoms with E-state index in [1.54, 1.807) is 14.0 Å². The molecule has 6 nitrogen and oxygen atoms in total. The zero-order chi connectivity index (χ0) is 14.0. The Balaban J connectivity index is 4.34. The Bertz CT molecular complexity index is 269. The minimum atomic E-state index is -0.250. The van der Waals surface area contributed by atoms with Crippen LogP contribution in [0.5, 0.6) is 0 Å². The van der Waals surface area contributed by atoms with E-state index in [-0.39, 0.29) is 17.9 Å². The van der Waals surface area contributed by atoms with Crippen LogP contribution in [0.2, 0.25) is 0 Å². The molecule has 0 rings (SSSR count). The first-order valence-corrected chi connectivity index (χ1v) is 6.16. The third-order valence-corrected chi connectivity index (χ3v) is 2.27. The summed E-state index contributed by atoms with van der Waals surface area (Å²) >= 11 is 0. The zero-order valence-corrected chi connectivity index (χ0v) is 11.9. The minimum absolute atomic E-state index is 0.154. The van der Waals surface area contributed by atoms with E-state index < -0.39 is 0 Å². The number of nitrogens with one attached hydrogen (secondary N) is 2. The number of rotatable bonds is 7. The molecule has 2 unspecified atom stereocenters. The molecular formula is C12H25N3O3. The van der Waals surface area contributed by atoms with Crippen LogP contribution in [-0.4, -0.2) is 51.9 Å². The molecule has 0 radical (unpaired) electrons. The van der Waals surface area contributed by atoms with Gasteiger partial charge in [0.1, 0.15) is 0 Å². The van der Waals surface area contributed by atoms with E-state index >= 15 is 0 Å². The monoisotopic (exact) mass is 259 g/mol. The molecule has 0 fully saturated rings. The van der Waals surface area contributed by atoms with Crippen molar-refractivity contribution in [1.82, 2.24) is 10.6 Å². The van der Waals surface area contributed by atoms with E-state index in [2.05, 4.69) is 20.4 Å². The Labute approximate surface area is 109 Å².